The summed E-state index contributed by atoms with van der Waals surface area (Å²) in [5.74, 6) is 1.98. The average molecular weight is 362 g/mol. The van der Waals surface area contributed by atoms with Crippen LogP contribution >= 0.6 is 0 Å². The molecule has 4 rings (SSSR count). The summed E-state index contributed by atoms with van der Waals surface area (Å²) < 4.78 is 5.81. The van der Waals surface area contributed by atoms with Crippen molar-refractivity contribution in [2.75, 3.05) is 13.1 Å². The molecule has 3 aromatic rings. The molecule has 4 heterocycles. The second-order valence-corrected chi connectivity index (χ2v) is 6.62. The first-order valence-electron chi connectivity index (χ1n) is 9.03. The number of aryl methyl sites for hydroxylation is 1. The van der Waals surface area contributed by atoms with Gasteiger partial charge in [-0.1, -0.05) is 6.58 Å². The Morgan fingerprint density at radius 3 is 2.74 bits per heavy atom. The molecule has 0 aliphatic carbocycles. The molecule has 0 bridgehead atoms. The van der Waals surface area contributed by atoms with Crippen LogP contribution in [-0.2, 0) is 0 Å². The van der Waals surface area contributed by atoms with E-state index in [1.807, 2.05) is 26.1 Å². The molecule has 7 heteroatoms. The van der Waals surface area contributed by atoms with Gasteiger partial charge in [0.05, 0.1) is 23.6 Å². The fourth-order valence-electron chi connectivity index (χ4n) is 3.46. The number of aromatic nitrogens is 4. The highest BCUT2D eigenvalue weighted by atomic mass is 16.5. The van der Waals surface area contributed by atoms with Gasteiger partial charge in [0.25, 0.3) is 0 Å². The molecule has 27 heavy (non-hydrogen) atoms. The maximum atomic E-state index is 5.81. The number of fused-ring (bicyclic) bond motifs is 1. The molecular weight excluding hydrogens is 340 g/mol. The number of pyridine rings is 1. The maximum Gasteiger partial charge on any atom is 0.193 e. The number of ether oxygens (including phenoxy) is 1. The van der Waals surface area contributed by atoms with Crippen molar-refractivity contribution in [3.05, 3.63) is 47.2 Å². The highest BCUT2D eigenvalue weighted by Gasteiger charge is 2.18. The first kappa shape index (κ1) is 17.2. The van der Waals surface area contributed by atoms with Gasteiger partial charge in [0.15, 0.2) is 11.6 Å². The van der Waals surface area contributed by atoms with Gasteiger partial charge in [-0.15, -0.1) is 0 Å². The minimum Gasteiger partial charge on any atom is -0.440 e. The molecule has 138 valence electrons. The van der Waals surface area contributed by atoms with Crippen LogP contribution in [0.25, 0.3) is 23.3 Å². The van der Waals surface area contributed by atoms with Crippen molar-refractivity contribution >= 4 is 29.2 Å². The molecule has 0 amide bonds. The number of aromatic amines is 1. The number of hydrogen-bond donors (Lipinski definition) is 1. The van der Waals surface area contributed by atoms with E-state index in [2.05, 4.69) is 31.4 Å². The zero-order chi connectivity index (χ0) is 18.8. The number of H-pyrrole nitrogens is 1. The Bertz CT molecular complexity index is 1100. The minimum absolute atomic E-state index is 0.534. The Kier molecular flexibility index (Phi) is 4.58. The van der Waals surface area contributed by atoms with Crippen LogP contribution in [0.2, 0.25) is 0 Å². The van der Waals surface area contributed by atoms with Crippen LogP contribution in [0.1, 0.15) is 25.5 Å². The summed E-state index contributed by atoms with van der Waals surface area (Å²) in [5, 5.41) is 2.92. The van der Waals surface area contributed by atoms with Crippen LogP contribution in [0, 0.1) is 6.92 Å². The Balaban J connectivity index is 1.89. The fraction of sp³-hybridized carbons (Fsp3) is 0.300. The van der Waals surface area contributed by atoms with Crippen molar-refractivity contribution in [1.82, 2.24) is 24.8 Å². The van der Waals surface area contributed by atoms with Gasteiger partial charge in [-0.05, 0) is 25.8 Å². The molecule has 1 N–H and O–H groups in total. The zero-order valence-corrected chi connectivity index (χ0v) is 15.6. The van der Waals surface area contributed by atoms with Gasteiger partial charge in [0, 0.05) is 42.2 Å². The van der Waals surface area contributed by atoms with E-state index in [0.29, 0.717) is 11.6 Å². The molecule has 1 saturated heterocycles. The number of likely N-dealkylation sites (tertiary alicyclic amines) is 1. The molecule has 1 fully saturated rings. The Morgan fingerprint density at radius 2 is 2.00 bits per heavy atom. The summed E-state index contributed by atoms with van der Waals surface area (Å²) in [5.41, 5.74) is 1.95. The molecule has 0 unspecified atom stereocenters. The van der Waals surface area contributed by atoms with Crippen molar-refractivity contribution < 1.29 is 4.74 Å². The van der Waals surface area contributed by atoms with E-state index in [0.717, 1.165) is 58.9 Å². The molecule has 3 aromatic heterocycles. The standard InChI is InChI=1S/C20H22N6O/c1-13-18(17-6-7-23-14(2)19(17)24-13)20(26-8-4-5-9-26)25-15(3)27-16-10-21-12-22-11-16/h6-7,10-12,24H,1,4-5,8-9H2,2-3H3/b20-18-,25-15+. The van der Waals surface area contributed by atoms with E-state index in [1.54, 1.807) is 12.4 Å². The lowest BCUT2D eigenvalue weighted by atomic mass is 10.2. The normalized spacial score (nSPS) is 16.1. The second-order valence-electron chi connectivity index (χ2n) is 6.62. The third-order valence-corrected chi connectivity index (χ3v) is 4.68. The molecule has 0 saturated carbocycles. The van der Waals surface area contributed by atoms with E-state index in [4.69, 9.17) is 9.73 Å². The Morgan fingerprint density at radius 1 is 1.26 bits per heavy atom. The predicted octanol–water partition coefficient (Wildman–Crippen LogP) is 1.73. The van der Waals surface area contributed by atoms with Gasteiger partial charge in [-0.2, -0.15) is 4.99 Å². The average Bonchev–Trinajstić information content (AvgIpc) is 3.29. The summed E-state index contributed by atoms with van der Waals surface area (Å²) in [6.07, 6.45) is 8.84. The van der Waals surface area contributed by atoms with Crippen molar-refractivity contribution in [2.24, 2.45) is 4.99 Å². The SMILES string of the molecule is C=c1[nH]c2c(C)nccc2/c1=C(/N=C(\C)Oc1cncnc1)N1CCCC1. The third kappa shape index (κ3) is 3.40. The summed E-state index contributed by atoms with van der Waals surface area (Å²) in [6, 6.07) is 2.01. The molecule has 0 aromatic carbocycles. The quantitative estimate of drug-likeness (QED) is 0.567. The van der Waals surface area contributed by atoms with Crippen LogP contribution in [0.15, 0.2) is 36.0 Å². The van der Waals surface area contributed by atoms with Crippen molar-refractivity contribution in [2.45, 2.75) is 26.7 Å². The minimum atomic E-state index is 0.534. The van der Waals surface area contributed by atoms with Crippen LogP contribution in [0.3, 0.4) is 0 Å². The number of rotatable bonds is 3. The van der Waals surface area contributed by atoms with Gasteiger partial charge >= 0.3 is 0 Å². The monoisotopic (exact) mass is 362 g/mol. The number of hydrogen-bond acceptors (Lipinski definition) is 6. The van der Waals surface area contributed by atoms with E-state index in [9.17, 15) is 0 Å². The Hall–Kier alpha value is -3.22. The second kappa shape index (κ2) is 7.19. The number of nitrogens with zero attached hydrogens (tertiary/aromatic N) is 5. The summed E-state index contributed by atoms with van der Waals surface area (Å²) >= 11 is 0. The van der Waals surface area contributed by atoms with Crippen LogP contribution < -0.4 is 15.3 Å². The fourth-order valence-corrected chi connectivity index (χ4v) is 3.46. The highest BCUT2D eigenvalue weighted by Crippen LogP contribution is 2.18. The lowest BCUT2D eigenvalue weighted by Gasteiger charge is -2.18. The number of aliphatic imine (C=N–C) groups is 1. The maximum absolute atomic E-state index is 5.81. The van der Waals surface area contributed by atoms with Gasteiger partial charge in [-0.3, -0.25) is 4.98 Å². The predicted molar refractivity (Wildman–Crippen MR) is 106 cm³/mol. The summed E-state index contributed by atoms with van der Waals surface area (Å²) in [6.45, 7) is 9.99. The third-order valence-electron chi connectivity index (χ3n) is 4.68. The molecule has 1 aliphatic rings. The summed E-state index contributed by atoms with van der Waals surface area (Å²) in [4.78, 5) is 22.8. The van der Waals surface area contributed by atoms with Crippen LogP contribution in [0.5, 0.6) is 5.75 Å². The topological polar surface area (TPSA) is 79.3 Å². The van der Waals surface area contributed by atoms with Crippen LogP contribution in [0.4, 0.5) is 0 Å². The van der Waals surface area contributed by atoms with E-state index in [1.165, 1.54) is 6.33 Å². The molecule has 1 aliphatic heterocycles. The first-order chi connectivity index (χ1) is 13.1. The molecular formula is C20H22N6O. The molecule has 7 nitrogen and oxygen atoms in total. The smallest absolute Gasteiger partial charge is 0.193 e. The van der Waals surface area contributed by atoms with Crippen molar-refractivity contribution in [1.29, 1.82) is 0 Å². The van der Waals surface area contributed by atoms with Gasteiger partial charge in [0.1, 0.15) is 12.1 Å². The lowest BCUT2D eigenvalue weighted by Crippen LogP contribution is -2.31. The van der Waals surface area contributed by atoms with Gasteiger partial charge in [0.2, 0.25) is 0 Å². The first-order valence-corrected chi connectivity index (χ1v) is 9.03. The number of nitrogens with one attached hydrogen (secondary N) is 1. The van der Waals surface area contributed by atoms with Crippen molar-refractivity contribution in [3.63, 3.8) is 0 Å². The van der Waals surface area contributed by atoms with E-state index in [-0.39, 0.29) is 0 Å². The van der Waals surface area contributed by atoms with Crippen LogP contribution in [-0.4, -0.2) is 43.8 Å². The van der Waals surface area contributed by atoms with Gasteiger partial charge in [-0.25, -0.2) is 9.97 Å². The molecule has 0 spiro atoms. The van der Waals surface area contributed by atoms with Crippen molar-refractivity contribution in [3.8, 4) is 5.75 Å². The van der Waals surface area contributed by atoms with E-state index < -0.39 is 0 Å². The van der Waals surface area contributed by atoms with E-state index >= 15 is 0 Å². The molecule has 0 atom stereocenters. The molecule has 0 radical (unpaired) electrons. The van der Waals surface area contributed by atoms with Gasteiger partial charge < -0.3 is 14.6 Å². The lowest BCUT2D eigenvalue weighted by molar-refractivity contribution is 0.475. The summed E-state index contributed by atoms with van der Waals surface area (Å²) in [7, 11) is 0. The highest BCUT2D eigenvalue weighted by molar-refractivity contribution is 5.86. The largest absolute Gasteiger partial charge is 0.440 e. The Labute approximate surface area is 157 Å². The zero-order valence-electron chi connectivity index (χ0n) is 15.6.